The molecule has 4 N–H and O–H groups in total. The molecule has 6 nitrogen and oxygen atoms in total. The maximum Gasteiger partial charge on any atom is 0.328 e. The smallest absolute Gasteiger partial charge is 0.328 e. The molecule has 0 aromatic heterocycles. The second kappa shape index (κ2) is 4.92. The first-order chi connectivity index (χ1) is 6.65. The number of carboxylic acid groups (broad SMARTS) is 1. The Balaban J connectivity index is 2.41. The number of hydrogen-bond donors (Lipinski definition) is 4. The van der Waals surface area contributed by atoms with E-state index in [1.807, 2.05) is 0 Å². The van der Waals surface area contributed by atoms with Gasteiger partial charge in [-0.2, -0.15) is 0 Å². The number of aliphatic carboxylic acids is 1. The number of nitrogens with one attached hydrogen (secondary N) is 2. The van der Waals surface area contributed by atoms with Crippen molar-refractivity contribution < 1.29 is 19.8 Å². The number of aliphatic hydroxyl groups excluding tert-OH is 1. The van der Waals surface area contributed by atoms with Gasteiger partial charge in [-0.15, -0.1) is 0 Å². The molecule has 1 fully saturated rings. The van der Waals surface area contributed by atoms with Crippen LogP contribution in [0.5, 0.6) is 0 Å². The predicted molar refractivity (Wildman–Crippen MR) is 47.7 cm³/mol. The van der Waals surface area contributed by atoms with Gasteiger partial charge in [0, 0.05) is 0 Å². The number of hydrogen-bond acceptors (Lipinski definition) is 4. The standard InChI is InChI=1S/C8H14N2O4/c11-4-6(8(13)14)10-7(12)5-2-1-3-9-5/h5-6,9,11H,1-4H2,(H,10,12)(H,13,14). The first kappa shape index (κ1) is 10.9. The fraction of sp³-hybridized carbons (Fsp3) is 0.750. The van der Waals surface area contributed by atoms with Crippen LogP contribution < -0.4 is 10.6 Å². The van der Waals surface area contributed by atoms with Gasteiger partial charge in [0.2, 0.25) is 5.91 Å². The Labute approximate surface area is 81.3 Å². The lowest BCUT2D eigenvalue weighted by Crippen LogP contribution is -2.49. The van der Waals surface area contributed by atoms with Crippen LogP contribution in [0, 0.1) is 0 Å². The van der Waals surface area contributed by atoms with Crippen molar-refractivity contribution in [3.05, 3.63) is 0 Å². The molecule has 2 unspecified atom stereocenters. The van der Waals surface area contributed by atoms with Crippen molar-refractivity contribution in [3.8, 4) is 0 Å². The van der Waals surface area contributed by atoms with E-state index in [1.54, 1.807) is 0 Å². The molecule has 0 saturated carbocycles. The Hall–Kier alpha value is -1.14. The summed E-state index contributed by atoms with van der Waals surface area (Å²) in [6.07, 6.45) is 1.62. The predicted octanol–water partition coefficient (Wildman–Crippen LogP) is -1.70. The average Bonchev–Trinajstić information content (AvgIpc) is 2.65. The maximum atomic E-state index is 11.4. The number of rotatable bonds is 4. The Morgan fingerprint density at radius 3 is 2.71 bits per heavy atom. The van der Waals surface area contributed by atoms with Crippen LogP contribution >= 0.6 is 0 Å². The number of carboxylic acids is 1. The summed E-state index contributed by atoms with van der Waals surface area (Å²) in [5.74, 6) is -1.58. The Kier molecular flexibility index (Phi) is 3.84. The summed E-state index contributed by atoms with van der Waals surface area (Å²) in [7, 11) is 0. The molecule has 1 rings (SSSR count). The third-order valence-electron chi connectivity index (χ3n) is 2.17. The highest BCUT2D eigenvalue weighted by Crippen LogP contribution is 2.04. The van der Waals surface area contributed by atoms with E-state index in [-0.39, 0.29) is 11.9 Å². The summed E-state index contributed by atoms with van der Waals surface area (Å²) in [5, 5.41) is 22.4. The third kappa shape index (κ3) is 2.68. The minimum absolute atomic E-state index is 0.316. The van der Waals surface area contributed by atoms with Gasteiger partial charge in [0.1, 0.15) is 6.04 Å². The van der Waals surface area contributed by atoms with Gasteiger partial charge in [-0.3, -0.25) is 4.79 Å². The van der Waals surface area contributed by atoms with Gasteiger partial charge < -0.3 is 20.8 Å². The van der Waals surface area contributed by atoms with Crippen LogP contribution in [-0.4, -0.2) is 47.3 Å². The lowest BCUT2D eigenvalue weighted by atomic mass is 10.2. The lowest BCUT2D eigenvalue weighted by Gasteiger charge is -2.15. The summed E-state index contributed by atoms with van der Waals surface area (Å²) in [4.78, 5) is 21.9. The molecular formula is C8H14N2O4. The van der Waals surface area contributed by atoms with E-state index >= 15 is 0 Å². The van der Waals surface area contributed by atoms with Crippen molar-refractivity contribution in [2.45, 2.75) is 24.9 Å². The van der Waals surface area contributed by atoms with E-state index in [4.69, 9.17) is 10.2 Å². The van der Waals surface area contributed by atoms with Crippen LogP contribution in [0.15, 0.2) is 0 Å². The molecule has 2 atom stereocenters. The fourth-order valence-corrected chi connectivity index (χ4v) is 1.37. The molecule has 6 heteroatoms. The number of aliphatic hydroxyl groups is 1. The van der Waals surface area contributed by atoms with Crippen LogP contribution in [0.25, 0.3) is 0 Å². The lowest BCUT2D eigenvalue weighted by molar-refractivity contribution is -0.143. The summed E-state index contributed by atoms with van der Waals surface area (Å²) in [6.45, 7) is 0.183. The molecule has 1 aliphatic rings. The topological polar surface area (TPSA) is 98.7 Å². The zero-order chi connectivity index (χ0) is 10.6. The Bertz CT molecular complexity index is 225. The SMILES string of the molecule is O=C(O)C(CO)NC(=O)C1CCCN1. The van der Waals surface area contributed by atoms with Gasteiger partial charge in [0.25, 0.3) is 0 Å². The first-order valence-electron chi connectivity index (χ1n) is 4.52. The van der Waals surface area contributed by atoms with E-state index in [0.717, 1.165) is 13.0 Å². The zero-order valence-electron chi connectivity index (χ0n) is 7.69. The Morgan fingerprint density at radius 1 is 1.57 bits per heavy atom. The average molecular weight is 202 g/mol. The normalized spacial score (nSPS) is 23.1. The quantitative estimate of drug-likeness (QED) is 0.435. The molecule has 1 aliphatic heterocycles. The van der Waals surface area contributed by atoms with E-state index in [0.29, 0.717) is 6.42 Å². The van der Waals surface area contributed by atoms with Gasteiger partial charge >= 0.3 is 5.97 Å². The largest absolute Gasteiger partial charge is 0.480 e. The number of carbonyl (C=O) groups is 2. The maximum absolute atomic E-state index is 11.4. The molecule has 14 heavy (non-hydrogen) atoms. The van der Waals surface area contributed by atoms with Crippen molar-refractivity contribution >= 4 is 11.9 Å². The molecule has 80 valence electrons. The molecule has 0 aromatic rings. The van der Waals surface area contributed by atoms with Crippen LogP contribution in [0.1, 0.15) is 12.8 Å². The highest BCUT2D eigenvalue weighted by molar-refractivity contribution is 5.87. The van der Waals surface area contributed by atoms with Crippen LogP contribution in [0.3, 0.4) is 0 Å². The number of carbonyl (C=O) groups excluding carboxylic acids is 1. The molecule has 0 aromatic carbocycles. The van der Waals surface area contributed by atoms with Crippen LogP contribution in [0.2, 0.25) is 0 Å². The third-order valence-corrected chi connectivity index (χ3v) is 2.17. The van der Waals surface area contributed by atoms with E-state index in [2.05, 4.69) is 10.6 Å². The van der Waals surface area contributed by atoms with E-state index in [1.165, 1.54) is 0 Å². The van der Waals surface area contributed by atoms with Crippen molar-refractivity contribution in [3.63, 3.8) is 0 Å². The van der Waals surface area contributed by atoms with Crippen molar-refractivity contribution in [1.29, 1.82) is 0 Å². The molecule has 0 aliphatic carbocycles. The molecule has 1 saturated heterocycles. The van der Waals surface area contributed by atoms with E-state index < -0.39 is 18.6 Å². The molecule has 1 amide bonds. The van der Waals surface area contributed by atoms with Crippen molar-refractivity contribution in [1.82, 2.24) is 10.6 Å². The molecule has 0 radical (unpaired) electrons. The minimum atomic E-state index is -1.22. The number of amides is 1. The molecule has 1 heterocycles. The molecular weight excluding hydrogens is 188 g/mol. The van der Waals surface area contributed by atoms with Gasteiger partial charge in [-0.05, 0) is 19.4 Å². The van der Waals surface area contributed by atoms with Gasteiger partial charge in [-0.1, -0.05) is 0 Å². The zero-order valence-corrected chi connectivity index (χ0v) is 7.69. The summed E-state index contributed by atoms with van der Waals surface area (Å²) >= 11 is 0. The fourth-order valence-electron chi connectivity index (χ4n) is 1.37. The Morgan fingerprint density at radius 2 is 2.29 bits per heavy atom. The van der Waals surface area contributed by atoms with Crippen molar-refractivity contribution in [2.75, 3.05) is 13.2 Å². The summed E-state index contributed by atoms with van der Waals surface area (Å²) in [5.41, 5.74) is 0. The van der Waals surface area contributed by atoms with Crippen molar-refractivity contribution in [2.24, 2.45) is 0 Å². The highest BCUT2D eigenvalue weighted by Gasteiger charge is 2.26. The summed E-state index contributed by atoms with van der Waals surface area (Å²) in [6, 6.07) is -1.52. The van der Waals surface area contributed by atoms with E-state index in [9.17, 15) is 9.59 Å². The van der Waals surface area contributed by atoms with Gasteiger partial charge in [0.05, 0.1) is 12.6 Å². The summed E-state index contributed by atoms with van der Waals surface area (Å²) < 4.78 is 0. The minimum Gasteiger partial charge on any atom is -0.480 e. The van der Waals surface area contributed by atoms with Crippen LogP contribution in [-0.2, 0) is 9.59 Å². The second-order valence-electron chi connectivity index (χ2n) is 3.23. The second-order valence-corrected chi connectivity index (χ2v) is 3.23. The molecule has 0 spiro atoms. The first-order valence-corrected chi connectivity index (χ1v) is 4.52. The highest BCUT2D eigenvalue weighted by atomic mass is 16.4. The van der Waals surface area contributed by atoms with Gasteiger partial charge in [0.15, 0.2) is 0 Å². The van der Waals surface area contributed by atoms with Gasteiger partial charge in [-0.25, -0.2) is 4.79 Å². The molecule has 0 bridgehead atoms. The monoisotopic (exact) mass is 202 g/mol. The van der Waals surface area contributed by atoms with Crippen LogP contribution in [0.4, 0.5) is 0 Å².